The van der Waals surface area contributed by atoms with E-state index in [1.54, 1.807) is 13.0 Å². The summed E-state index contributed by atoms with van der Waals surface area (Å²) >= 11 is 0. The van der Waals surface area contributed by atoms with Crippen molar-refractivity contribution in [2.24, 2.45) is 11.5 Å². The molecule has 0 aliphatic rings. The molecule has 0 aromatic rings. The molecule has 0 heterocycles. The lowest BCUT2D eigenvalue weighted by Crippen LogP contribution is -2.01. The van der Waals surface area contributed by atoms with Crippen molar-refractivity contribution in [3.63, 3.8) is 0 Å². The predicted molar refractivity (Wildman–Crippen MR) is 127 cm³/mol. The molecule has 6 nitrogen and oxygen atoms in total. The molecule has 176 valence electrons. The van der Waals surface area contributed by atoms with Gasteiger partial charge in [0.25, 0.3) is 0 Å². The second-order valence-corrected chi connectivity index (χ2v) is 7.60. The standard InChI is InChI=1S/C25H42N2O4/c1-21(18-24(12-15-28)30-16-10-6-4-8-13-26)22(2)19-25(23(3)20-29)31-17-11-7-5-9-14-27/h15,18-20H,1,4-14,16-17,26-27H2,2-3H3/b22-19+,24-18+,25-23-. The Morgan fingerprint density at radius 1 is 0.806 bits per heavy atom. The molecule has 0 rings (SSSR count). The van der Waals surface area contributed by atoms with Crippen LogP contribution in [0.3, 0.4) is 0 Å². The van der Waals surface area contributed by atoms with Crippen molar-refractivity contribution in [3.8, 4) is 0 Å². The Hall–Kier alpha value is -2.18. The minimum Gasteiger partial charge on any atom is -0.497 e. The smallest absolute Gasteiger partial charge is 0.149 e. The maximum Gasteiger partial charge on any atom is 0.149 e. The normalized spacial score (nSPS) is 12.9. The van der Waals surface area contributed by atoms with E-state index < -0.39 is 0 Å². The zero-order chi connectivity index (χ0) is 23.3. The van der Waals surface area contributed by atoms with Crippen LogP contribution in [0.4, 0.5) is 0 Å². The summed E-state index contributed by atoms with van der Waals surface area (Å²) in [7, 11) is 0. The molecular formula is C25H42N2O4. The zero-order valence-electron chi connectivity index (χ0n) is 19.5. The molecule has 0 unspecified atom stereocenters. The number of hydrogen-bond acceptors (Lipinski definition) is 6. The first-order chi connectivity index (χ1) is 15.0. The summed E-state index contributed by atoms with van der Waals surface area (Å²) in [4.78, 5) is 22.3. The number of unbranched alkanes of at least 4 members (excludes halogenated alkanes) is 6. The first kappa shape index (κ1) is 28.8. The van der Waals surface area contributed by atoms with Gasteiger partial charge in [-0.2, -0.15) is 0 Å². The summed E-state index contributed by atoms with van der Waals surface area (Å²) in [6, 6.07) is 0. The van der Waals surface area contributed by atoms with Gasteiger partial charge in [0.1, 0.15) is 24.1 Å². The van der Waals surface area contributed by atoms with E-state index in [9.17, 15) is 9.59 Å². The number of carbonyl (C=O) groups is 2. The molecule has 0 fully saturated rings. The highest BCUT2D eigenvalue weighted by Gasteiger charge is 2.06. The van der Waals surface area contributed by atoms with Crippen molar-refractivity contribution in [3.05, 3.63) is 47.0 Å². The van der Waals surface area contributed by atoms with Crippen LogP contribution in [0.15, 0.2) is 47.0 Å². The summed E-state index contributed by atoms with van der Waals surface area (Å²) in [6.07, 6.45) is 13.5. The third-order valence-corrected chi connectivity index (χ3v) is 4.78. The van der Waals surface area contributed by atoms with Gasteiger partial charge in [-0.25, -0.2) is 0 Å². The maximum absolute atomic E-state index is 11.3. The highest BCUT2D eigenvalue weighted by Crippen LogP contribution is 2.18. The Kier molecular flexibility index (Phi) is 18.4. The van der Waals surface area contributed by atoms with Crippen molar-refractivity contribution in [1.82, 2.24) is 0 Å². The Labute approximate surface area is 188 Å². The van der Waals surface area contributed by atoms with Crippen molar-refractivity contribution >= 4 is 12.6 Å². The molecule has 0 radical (unpaired) electrons. The van der Waals surface area contributed by atoms with Gasteiger partial charge < -0.3 is 25.7 Å². The molecule has 0 saturated carbocycles. The van der Waals surface area contributed by atoms with Crippen molar-refractivity contribution in [2.75, 3.05) is 26.3 Å². The molecule has 6 heteroatoms. The second kappa shape index (κ2) is 19.8. The number of allylic oxidation sites excluding steroid dienone is 6. The fourth-order valence-electron chi connectivity index (χ4n) is 2.75. The van der Waals surface area contributed by atoms with Crippen LogP contribution >= 0.6 is 0 Å². The number of hydrogen-bond donors (Lipinski definition) is 2. The van der Waals surface area contributed by atoms with E-state index in [1.807, 2.05) is 13.0 Å². The van der Waals surface area contributed by atoms with Crippen LogP contribution in [0.2, 0.25) is 0 Å². The lowest BCUT2D eigenvalue weighted by atomic mass is 10.1. The third kappa shape index (κ3) is 15.3. The Morgan fingerprint density at radius 2 is 1.35 bits per heavy atom. The third-order valence-electron chi connectivity index (χ3n) is 4.78. The Bertz CT molecular complexity index is 621. The van der Waals surface area contributed by atoms with E-state index >= 15 is 0 Å². The van der Waals surface area contributed by atoms with E-state index in [2.05, 4.69) is 6.58 Å². The minimum absolute atomic E-state index is 0.199. The molecule has 0 bridgehead atoms. The first-order valence-corrected chi connectivity index (χ1v) is 11.3. The summed E-state index contributed by atoms with van der Waals surface area (Å²) in [5.41, 5.74) is 13.1. The number of carbonyl (C=O) groups excluding carboxylic acids is 2. The van der Waals surface area contributed by atoms with Crippen molar-refractivity contribution in [1.29, 1.82) is 0 Å². The second-order valence-electron chi connectivity index (χ2n) is 7.60. The maximum atomic E-state index is 11.3. The summed E-state index contributed by atoms with van der Waals surface area (Å²) in [5.74, 6) is 1.13. The van der Waals surface area contributed by atoms with E-state index in [0.717, 1.165) is 69.5 Å². The Balaban J connectivity index is 4.92. The van der Waals surface area contributed by atoms with E-state index in [0.29, 0.717) is 49.0 Å². The van der Waals surface area contributed by atoms with Crippen LogP contribution in [0.25, 0.3) is 0 Å². The van der Waals surface area contributed by atoms with Gasteiger partial charge in [0, 0.05) is 5.57 Å². The molecule has 4 N–H and O–H groups in total. The molecule has 0 aromatic heterocycles. The SMILES string of the molecule is C=C(/C=C(\CC=O)OCCCCCCN)/C(C)=C/C(OCCCCCCN)=C(\C)C=O. The highest BCUT2D eigenvalue weighted by atomic mass is 16.5. The summed E-state index contributed by atoms with van der Waals surface area (Å²) < 4.78 is 11.6. The number of nitrogens with two attached hydrogens (primary N) is 2. The van der Waals surface area contributed by atoms with Crippen LogP contribution < -0.4 is 11.5 Å². The molecule has 0 aliphatic carbocycles. The largest absolute Gasteiger partial charge is 0.497 e. The van der Waals surface area contributed by atoms with Gasteiger partial charge in [0.05, 0.1) is 19.6 Å². The van der Waals surface area contributed by atoms with Gasteiger partial charge in [-0.05, 0) is 75.9 Å². The Morgan fingerprint density at radius 3 is 1.87 bits per heavy atom. The quantitative estimate of drug-likeness (QED) is 0.0960. The monoisotopic (exact) mass is 434 g/mol. The first-order valence-electron chi connectivity index (χ1n) is 11.3. The molecule has 0 spiro atoms. The summed E-state index contributed by atoms with van der Waals surface area (Å²) in [6.45, 7) is 10.2. The fourth-order valence-corrected chi connectivity index (χ4v) is 2.75. The molecule has 0 saturated heterocycles. The van der Waals surface area contributed by atoms with Gasteiger partial charge >= 0.3 is 0 Å². The molecule has 0 aromatic carbocycles. The van der Waals surface area contributed by atoms with Gasteiger partial charge in [-0.3, -0.25) is 4.79 Å². The molecule has 0 aliphatic heterocycles. The van der Waals surface area contributed by atoms with E-state index in [-0.39, 0.29) is 6.42 Å². The number of ether oxygens (including phenoxy) is 2. The van der Waals surface area contributed by atoms with Gasteiger partial charge in [-0.1, -0.05) is 32.3 Å². The van der Waals surface area contributed by atoms with Gasteiger partial charge in [-0.15, -0.1) is 0 Å². The minimum atomic E-state index is 0.199. The van der Waals surface area contributed by atoms with Crippen LogP contribution in [0, 0.1) is 0 Å². The average molecular weight is 435 g/mol. The van der Waals surface area contributed by atoms with Crippen LogP contribution in [0.1, 0.15) is 71.6 Å². The van der Waals surface area contributed by atoms with Gasteiger partial charge in [0.2, 0.25) is 0 Å². The fraction of sp³-hybridized carbons (Fsp3) is 0.600. The van der Waals surface area contributed by atoms with Crippen molar-refractivity contribution in [2.45, 2.75) is 71.6 Å². The van der Waals surface area contributed by atoms with E-state index in [1.165, 1.54) is 0 Å². The average Bonchev–Trinajstić information content (AvgIpc) is 2.76. The number of aldehydes is 2. The zero-order valence-corrected chi connectivity index (χ0v) is 19.5. The van der Waals surface area contributed by atoms with Gasteiger partial charge in [0.15, 0.2) is 0 Å². The lowest BCUT2D eigenvalue weighted by molar-refractivity contribution is -0.108. The van der Waals surface area contributed by atoms with Crippen molar-refractivity contribution < 1.29 is 19.1 Å². The van der Waals surface area contributed by atoms with Crippen LogP contribution in [-0.2, 0) is 19.1 Å². The molecule has 0 atom stereocenters. The van der Waals surface area contributed by atoms with Crippen LogP contribution in [-0.4, -0.2) is 38.9 Å². The van der Waals surface area contributed by atoms with Crippen LogP contribution in [0.5, 0.6) is 0 Å². The predicted octanol–water partition coefficient (Wildman–Crippen LogP) is 4.51. The molecule has 31 heavy (non-hydrogen) atoms. The number of rotatable bonds is 20. The molecule has 0 amide bonds. The summed E-state index contributed by atoms with van der Waals surface area (Å²) in [5, 5.41) is 0. The highest BCUT2D eigenvalue weighted by molar-refractivity contribution is 5.74. The topological polar surface area (TPSA) is 105 Å². The lowest BCUT2D eigenvalue weighted by Gasteiger charge is -2.12. The van der Waals surface area contributed by atoms with E-state index in [4.69, 9.17) is 20.9 Å². The molecular weight excluding hydrogens is 392 g/mol.